The molecule has 3 aromatic rings. The first-order chi connectivity index (χ1) is 10.1. The van der Waals surface area contributed by atoms with E-state index in [-0.39, 0.29) is 0 Å². The van der Waals surface area contributed by atoms with Gasteiger partial charge in [-0.15, -0.1) is 0 Å². The quantitative estimate of drug-likeness (QED) is 0.738. The Bertz CT molecular complexity index is 811. The van der Waals surface area contributed by atoms with Gasteiger partial charge in [0, 0.05) is 23.1 Å². The summed E-state index contributed by atoms with van der Waals surface area (Å²) in [6.45, 7) is 3.48. The molecule has 1 heterocycles. The van der Waals surface area contributed by atoms with Crippen LogP contribution in [0.3, 0.4) is 0 Å². The number of benzene rings is 2. The van der Waals surface area contributed by atoms with Crippen LogP contribution in [0.2, 0.25) is 5.02 Å². The third kappa shape index (κ3) is 2.59. The lowest BCUT2D eigenvalue weighted by atomic mass is 10.2. The second kappa shape index (κ2) is 5.79. The molecule has 2 aromatic carbocycles. The highest BCUT2D eigenvalue weighted by molar-refractivity contribution is 9.10. The van der Waals surface area contributed by atoms with Gasteiger partial charge in [0.05, 0.1) is 16.1 Å². The van der Waals surface area contributed by atoms with Crippen LogP contribution in [-0.4, -0.2) is 9.55 Å². The normalized spacial score (nSPS) is 11.2. The Labute approximate surface area is 136 Å². The van der Waals surface area contributed by atoms with Gasteiger partial charge in [-0.3, -0.25) is 0 Å². The number of aromatic nitrogens is 2. The lowest BCUT2D eigenvalue weighted by Gasteiger charge is -2.07. The Morgan fingerprint density at radius 2 is 2.05 bits per heavy atom. The van der Waals surface area contributed by atoms with Crippen molar-refractivity contribution in [2.75, 3.05) is 0 Å². The van der Waals surface area contributed by atoms with E-state index in [1.807, 2.05) is 24.3 Å². The fourth-order valence-electron chi connectivity index (χ4n) is 2.48. The first kappa shape index (κ1) is 14.6. The molecule has 5 heteroatoms. The van der Waals surface area contributed by atoms with Crippen LogP contribution in [0.1, 0.15) is 12.5 Å². The zero-order chi connectivity index (χ0) is 15.0. The summed E-state index contributed by atoms with van der Waals surface area (Å²) in [5.41, 5.74) is 9.89. The fraction of sp³-hybridized carbons (Fsp3) is 0.188. The SMILES string of the molecule is CCn1c(-c2ccc(Br)c(Cl)c2)nc2cc(CN)ccc21. The number of aryl methyl sites for hydroxylation is 1. The largest absolute Gasteiger partial charge is 0.326 e. The topological polar surface area (TPSA) is 43.8 Å². The number of rotatable bonds is 3. The van der Waals surface area contributed by atoms with E-state index in [1.54, 1.807) is 0 Å². The van der Waals surface area contributed by atoms with Crippen molar-refractivity contribution in [2.45, 2.75) is 20.0 Å². The van der Waals surface area contributed by atoms with Crippen molar-refractivity contribution in [1.82, 2.24) is 9.55 Å². The molecule has 2 N–H and O–H groups in total. The Hall–Kier alpha value is -1.36. The van der Waals surface area contributed by atoms with Crippen LogP contribution in [0, 0.1) is 0 Å². The summed E-state index contributed by atoms with van der Waals surface area (Å²) in [6.07, 6.45) is 0. The van der Waals surface area contributed by atoms with E-state index in [4.69, 9.17) is 22.3 Å². The summed E-state index contributed by atoms with van der Waals surface area (Å²) < 4.78 is 3.08. The molecule has 0 saturated carbocycles. The summed E-state index contributed by atoms with van der Waals surface area (Å²) >= 11 is 9.62. The summed E-state index contributed by atoms with van der Waals surface area (Å²) in [7, 11) is 0. The molecule has 108 valence electrons. The summed E-state index contributed by atoms with van der Waals surface area (Å²) in [5, 5.41) is 0.685. The molecule has 0 fully saturated rings. The fourth-order valence-corrected chi connectivity index (χ4v) is 2.91. The van der Waals surface area contributed by atoms with Gasteiger partial charge < -0.3 is 10.3 Å². The highest BCUT2D eigenvalue weighted by Gasteiger charge is 2.12. The number of halogens is 2. The molecule has 0 aliphatic carbocycles. The van der Waals surface area contributed by atoms with Crippen molar-refractivity contribution in [3.63, 3.8) is 0 Å². The minimum Gasteiger partial charge on any atom is -0.326 e. The highest BCUT2D eigenvalue weighted by atomic mass is 79.9. The van der Waals surface area contributed by atoms with Crippen molar-refractivity contribution >= 4 is 38.6 Å². The molecule has 3 rings (SSSR count). The van der Waals surface area contributed by atoms with E-state index in [0.717, 1.165) is 39.0 Å². The van der Waals surface area contributed by atoms with E-state index in [1.165, 1.54) is 0 Å². The van der Waals surface area contributed by atoms with Crippen LogP contribution in [0.4, 0.5) is 0 Å². The zero-order valence-electron chi connectivity index (χ0n) is 11.6. The van der Waals surface area contributed by atoms with Crippen molar-refractivity contribution < 1.29 is 0 Å². The summed E-state index contributed by atoms with van der Waals surface area (Å²) in [4.78, 5) is 4.77. The summed E-state index contributed by atoms with van der Waals surface area (Å²) in [6, 6.07) is 12.1. The monoisotopic (exact) mass is 363 g/mol. The van der Waals surface area contributed by atoms with Gasteiger partial charge in [0.25, 0.3) is 0 Å². The Morgan fingerprint density at radius 1 is 1.24 bits per heavy atom. The second-order valence-electron chi connectivity index (χ2n) is 4.84. The van der Waals surface area contributed by atoms with E-state index in [2.05, 4.69) is 39.6 Å². The molecule has 0 amide bonds. The molecule has 1 aromatic heterocycles. The Kier molecular flexibility index (Phi) is 4.02. The second-order valence-corrected chi connectivity index (χ2v) is 6.10. The van der Waals surface area contributed by atoms with Crippen LogP contribution < -0.4 is 5.73 Å². The third-order valence-corrected chi connectivity index (χ3v) is 4.77. The first-order valence-corrected chi connectivity index (χ1v) is 7.95. The van der Waals surface area contributed by atoms with E-state index in [9.17, 15) is 0 Å². The van der Waals surface area contributed by atoms with Gasteiger partial charge >= 0.3 is 0 Å². The molecule has 0 spiro atoms. The first-order valence-electron chi connectivity index (χ1n) is 6.78. The maximum absolute atomic E-state index is 6.21. The number of imidazole rings is 1. The van der Waals surface area contributed by atoms with Gasteiger partial charge in [-0.2, -0.15) is 0 Å². The van der Waals surface area contributed by atoms with Crippen LogP contribution in [-0.2, 0) is 13.1 Å². The number of nitrogens with zero attached hydrogens (tertiary/aromatic N) is 2. The molecule has 0 aliphatic heterocycles. The smallest absolute Gasteiger partial charge is 0.141 e. The van der Waals surface area contributed by atoms with Crippen LogP contribution in [0.25, 0.3) is 22.4 Å². The number of fused-ring (bicyclic) bond motifs is 1. The average molecular weight is 365 g/mol. The highest BCUT2D eigenvalue weighted by Crippen LogP contribution is 2.30. The Morgan fingerprint density at radius 3 is 2.71 bits per heavy atom. The molecule has 0 saturated heterocycles. The van der Waals surface area contributed by atoms with E-state index in [0.29, 0.717) is 11.6 Å². The average Bonchev–Trinajstić information content (AvgIpc) is 2.87. The van der Waals surface area contributed by atoms with Crippen molar-refractivity contribution in [3.05, 3.63) is 51.5 Å². The standard InChI is InChI=1S/C16H15BrClN3/c1-2-21-15-6-3-10(9-19)7-14(15)20-16(21)11-4-5-12(17)13(18)8-11/h3-8H,2,9,19H2,1H3. The van der Waals surface area contributed by atoms with Gasteiger partial charge in [-0.1, -0.05) is 23.7 Å². The van der Waals surface area contributed by atoms with Crippen molar-refractivity contribution in [3.8, 4) is 11.4 Å². The minimum atomic E-state index is 0.522. The molecule has 0 unspecified atom stereocenters. The summed E-state index contributed by atoms with van der Waals surface area (Å²) in [5.74, 6) is 0.927. The predicted octanol–water partition coefficient (Wildman–Crippen LogP) is 4.60. The van der Waals surface area contributed by atoms with Gasteiger partial charge in [0.15, 0.2) is 0 Å². The Balaban J connectivity index is 2.23. The molecule has 0 radical (unpaired) electrons. The molecule has 3 nitrogen and oxygen atoms in total. The predicted molar refractivity (Wildman–Crippen MR) is 91.4 cm³/mol. The van der Waals surface area contributed by atoms with Gasteiger partial charge in [0.1, 0.15) is 5.82 Å². The molecule has 0 bridgehead atoms. The molecular formula is C16H15BrClN3. The van der Waals surface area contributed by atoms with Gasteiger partial charge in [-0.25, -0.2) is 4.98 Å². The van der Waals surface area contributed by atoms with Crippen molar-refractivity contribution in [1.29, 1.82) is 0 Å². The van der Waals surface area contributed by atoms with Crippen LogP contribution >= 0.6 is 27.5 Å². The van der Waals surface area contributed by atoms with E-state index < -0.39 is 0 Å². The number of hydrogen-bond donors (Lipinski definition) is 1. The van der Waals surface area contributed by atoms with Gasteiger partial charge in [-0.05, 0) is 52.7 Å². The third-order valence-electron chi connectivity index (χ3n) is 3.54. The molecule has 0 atom stereocenters. The van der Waals surface area contributed by atoms with Crippen LogP contribution in [0.5, 0.6) is 0 Å². The number of nitrogens with two attached hydrogens (primary N) is 1. The number of hydrogen-bond acceptors (Lipinski definition) is 2. The zero-order valence-corrected chi connectivity index (χ0v) is 13.9. The lowest BCUT2D eigenvalue weighted by Crippen LogP contribution is -1.98. The molecule has 0 aliphatic rings. The molecule has 21 heavy (non-hydrogen) atoms. The maximum atomic E-state index is 6.21. The van der Waals surface area contributed by atoms with Crippen LogP contribution in [0.15, 0.2) is 40.9 Å². The lowest BCUT2D eigenvalue weighted by molar-refractivity contribution is 0.796. The van der Waals surface area contributed by atoms with Crippen molar-refractivity contribution in [2.24, 2.45) is 5.73 Å². The van der Waals surface area contributed by atoms with Gasteiger partial charge in [0.2, 0.25) is 0 Å². The van der Waals surface area contributed by atoms with E-state index >= 15 is 0 Å². The minimum absolute atomic E-state index is 0.522. The maximum Gasteiger partial charge on any atom is 0.141 e. The molecular weight excluding hydrogens is 350 g/mol.